The number of aryl methyl sites for hydroxylation is 1. The molecule has 0 unspecified atom stereocenters. The molecule has 1 N–H and O–H groups in total. The average Bonchev–Trinajstić information content (AvgIpc) is 3.34. The molecule has 194 valence electrons. The molecule has 2 heterocycles. The van der Waals surface area contributed by atoms with Crippen molar-refractivity contribution in [2.45, 2.75) is 57.7 Å². The van der Waals surface area contributed by atoms with Crippen molar-refractivity contribution in [3.8, 4) is 5.69 Å². The Labute approximate surface area is 221 Å². The molecule has 0 saturated carbocycles. The van der Waals surface area contributed by atoms with Gasteiger partial charge < -0.3 is 14.7 Å². The van der Waals surface area contributed by atoms with E-state index < -0.39 is 11.7 Å². The van der Waals surface area contributed by atoms with E-state index >= 15 is 0 Å². The lowest BCUT2D eigenvalue weighted by molar-refractivity contribution is -0.117. The second-order valence-electron chi connectivity index (χ2n) is 10.1. The summed E-state index contributed by atoms with van der Waals surface area (Å²) in [5.41, 5.74) is 2.57. The third-order valence-corrected chi connectivity index (χ3v) is 7.04. The second kappa shape index (κ2) is 10.7. The van der Waals surface area contributed by atoms with Crippen LogP contribution in [0.3, 0.4) is 0 Å². The molecule has 7 nitrogen and oxygen atoms in total. The number of benzene rings is 3. The van der Waals surface area contributed by atoms with Gasteiger partial charge in [-0.2, -0.15) is 0 Å². The summed E-state index contributed by atoms with van der Waals surface area (Å²) in [6.07, 6.45) is 2.15. The number of aromatic nitrogens is 2. The first-order valence-corrected chi connectivity index (χ1v) is 12.9. The lowest BCUT2D eigenvalue weighted by Crippen LogP contribution is -2.33. The number of fused-ring (bicyclic) bond motifs is 1. The Morgan fingerprint density at radius 3 is 2.47 bits per heavy atom. The molecule has 0 amide bonds. The lowest BCUT2D eigenvalue weighted by Gasteiger charge is -2.27. The topological polar surface area (TPSA) is 93.8 Å². The molecular weight excluding hydrogens is 478 g/mol. The van der Waals surface area contributed by atoms with E-state index in [0.29, 0.717) is 41.7 Å². The van der Waals surface area contributed by atoms with E-state index in [4.69, 9.17) is 9.82 Å². The predicted octanol–water partition coefficient (Wildman–Crippen LogP) is 5.30. The number of unbranched alkanes of at least 4 members (excludes halogenated alkanes) is 1. The zero-order valence-electron chi connectivity index (χ0n) is 21.6. The predicted molar refractivity (Wildman–Crippen MR) is 148 cm³/mol. The van der Waals surface area contributed by atoms with Crippen molar-refractivity contribution >= 4 is 22.4 Å². The molecule has 1 aromatic heterocycles. The largest absolute Gasteiger partial charge is 0.386 e. The Bertz CT molecular complexity index is 1550. The Morgan fingerprint density at radius 2 is 1.76 bits per heavy atom. The zero-order valence-corrected chi connectivity index (χ0v) is 21.6. The molecule has 3 aromatic carbocycles. The van der Waals surface area contributed by atoms with Gasteiger partial charge in [0.1, 0.15) is 17.7 Å². The third kappa shape index (κ3) is 5.15. The molecule has 7 heteroatoms. The number of hydrogen-bond acceptors (Lipinski definition) is 6. The van der Waals surface area contributed by atoms with Crippen molar-refractivity contribution in [3.05, 3.63) is 106 Å². The highest BCUT2D eigenvalue weighted by Crippen LogP contribution is 2.37. The van der Waals surface area contributed by atoms with Crippen molar-refractivity contribution < 1.29 is 14.7 Å². The van der Waals surface area contributed by atoms with Crippen LogP contribution in [0.1, 0.15) is 62.6 Å². The number of aliphatic hydroxyl groups is 1. The highest BCUT2D eigenvalue weighted by atomic mass is 16.7. The van der Waals surface area contributed by atoms with E-state index in [1.165, 1.54) is 0 Å². The van der Waals surface area contributed by atoms with Gasteiger partial charge in [0.15, 0.2) is 5.60 Å². The second-order valence-corrected chi connectivity index (χ2v) is 10.1. The lowest BCUT2D eigenvalue weighted by atomic mass is 9.87. The molecule has 0 spiro atoms. The number of ketones is 1. The summed E-state index contributed by atoms with van der Waals surface area (Å²) in [6, 6.07) is 24.4. The van der Waals surface area contributed by atoms with E-state index in [1.54, 1.807) is 17.6 Å². The molecule has 1 aliphatic rings. The van der Waals surface area contributed by atoms with Crippen LogP contribution in [0.15, 0.2) is 88.8 Å². The average molecular weight is 510 g/mol. The quantitative estimate of drug-likeness (QED) is 0.309. The smallest absolute Gasteiger partial charge is 0.265 e. The molecule has 5 rings (SSSR count). The SMILES string of the molecule is CC(=O)CCCCc1nc2cc(C3=NO[C@](C)([C@H](O)c4ccccc4)C3)ccc2c(=O)n1-c1ccccc1. The first kappa shape index (κ1) is 25.5. The summed E-state index contributed by atoms with van der Waals surface area (Å²) in [7, 11) is 0. The number of Topliss-reactive ketones (excluding diaryl/α,β-unsaturated/α-hetero) is 1. The van der Waals surface area contributed by atoms with Gasteiger partial charge in [-0.15, -0.1) is 0 Å². The fourth-order valence-electron chi connectivity index (χ4n) is 4.92. The maximum Gasteiger partial charge on any atom is 0.265 e. The Hall–Kier alpha value is -4.10. The highest BCUT2D eigenvalue weighted by Gasteiger charge is 2.42. The van der Waals surface area contributed by atoms with Gasteiger partial charge in [0.2, 0.25) is 0 Å². The molecule has 2 atom stereocenters. The number of aliphatic hydroxyl groups excluding tert-OH is 1. The van der Waals surface area contributed by atoms with Crippen molar-refractivity contribution in [1.29, 1.82) is 0 Å². The highest BCUT2D eigenvalue weighted by molar-refractivity contribution is 6.04. The van der Waals surface area contributed by atoms with Gasteiger partial charge in [-0.3, -0.25) is 9.36 Å². The van der Waals surface area contributed by atoms with Crippen molar-refractivity contribution in [3.63, 3.8) is 0 Å². The van der Waals surface area contributed by atoms with E-state index in [0.717, 1.165) is 29.7 Å². The van der Waals surface area contributed by atoms with E-state index in [-0.39, 0.29) is 11.3 Å². The van der Waals surface area contributed by atoms with E-state index in [9.17, 15) is 14.7 Å². The van der Waals surface area contributed by atoms with Crippen LogP contribution in [0.2, 0.25) is 0 Å². The Morgan fingerprint density at radius 1 is 1.05 bits per heavy atom. The molecule has 38 heavy (non-hydrogen) atoms. The number of nitrogens with zero attached hydrogens (tertiary/aromatic N) is 3. The standard InChI is InChI=1S/C31H31N3O4/c1-21(35)11-9-10-16-28-32-26-19-23(17-18-25(26)30(37)34(28)24-14-7-4-8-15-24)27-20-31(2,38-33-27)29(36)22-12-5-3-6-13-22/h3-8,12-15,17-19,29,36H,9-11,16,20H2,1-2H3/t29-,31+/m1/s1. The molecule has 4 aromatic rings. The number of oxime groups is 1. The molecule has 1 aliphatic heterocycles. The van der Waals surface area contributed by atoms with E-state index in [2.05, 4.69) is 5.16 Å². The minimum absolute atomic E-state index is 0.136. The summed E-state index contributed by atoms with van der Waals surface area (Å²) < 4.78 is 1.67. The van der Waals surface area contributed by atoms with Crippen LogP contribution >= 0.6 is 0 Å². The van der Waals surface area contributed by atoms with Gasteiger partial charge in [0.05, 0.1) is 22.3 Å². The number of rotatable bonds is 9. The third-order valence-electron chi connectivity index (χ3n) is 7.04. The Balaban J connectivity index is 1.48. The fraction of sp³-hybridized carbons (Fsp3) is 0.290. The first-order valence-electron chi connectivity index (χ1n) is 12.9. The first-order chi connectivity index (χ1) is 18.4. The minimum atomic E-state index is -0.905. The number of carbonyl (C=O) groups is 1. The van der Waals surface area contributed by atoms with Gasteiger partial charge in [0, 0.05) is 24.8 Å². The van der Waals surface area contributed by atoms with Crippen LogP contribution in [-0.4, -0.2) is 31.8 Å². The van der Waals surface area contributed by atoms with Gasteiger partial charge in [0.25, 0.3) is 5.56 Å². The summed E-state index contributed by atoms with van der Waals surface area (Å²) in [5.74, 6) is 0.814. The molecule has 0 aliphatic carbocycles. The Kier molecular flexibility index (Phi) is 7.20. The normalized spacial score (nSPS) is 17.7. The summed E-state index contributed by atoms with van der Waals surface area (Å²) in [4.78, 5) is 35.7. The summed E-state index contributed by atoms with van der Waals surface area (Å²) in [6.45, 7) is 3.44. The van der Waals surface area contributed by atoms with Gasteiger partial charge >= 0.3 is 0 Å². The van der Waals surface area contributed by atoms with E-state index in [1.807, 2.05) is 79.7 Å². The molecular formula is C31H31N3O4. The van der Waals surface area contributed by atoms with Crippen LogP contribution in [0.25, 0.3) is 16.6 Å². The zero-order chi connectivity index (χ0) is 26.7. The van der Waals surface area contributed by atoms with Crippen LogP contribution in [-0.2, 0) is 16.1 Å². The maximum absolute atomic E-state index is 13.7. The molecule has 0 radical (unpaired) electrons. The number of hydrogen-bond donors (Lipinski definition) is 1. The minimum Gasteiger partial charge on any atom is -0.386 e. The van der Waals surface area contributed by atoms with Crippen LogP contribution in [0.4, 0.5) is 0 Å². The number of para-hydroxylation sites is 1. The number of carbonyl (C=O) groups excluding carboxylic acids is 1. The summed E-state index contributed by atoms with van der Waals surface area (Å²) >= 11 is 0. The molecule has 0 bridgehead atoms. The van der Waals surface area contributed by atoms with Crippen LogP contribution in [0, 0.1) is 0 Å². The van der Waals surface area contributed by atoms with Crippen molar-refractivity contribution in [1.82, 2.24) is 9.55 Å². The van der Waals surface area contributed by atoms with Gasteiger partial charge in [-0.25, -0.2) is 4.98 Å². The van der Waals surface area contributed by atoms with Crippen LogP contribution in [0.5, 0.6) is 0 Å². The van der Waals surface area contributed by atoms with Gasteiger partial charge in [-0.1, -0.05) is 59.8 Å². The monoisotopic (exact) mass is 509 g/mol. The fourth-order valence-corrected chi connectivity index (χ4v) is 4.92. The molecule has 0 fully saturated rings. The van der Waals surface area contributed by atoms with Crippen molar-refractivity contribution in [2.75, 3.05) is 0 Å². The summed E-state index contributed by atoms with van der Waals surface area (Å²) in [5, 5.41) is 15.8. The van der Waals surface area contributed by atoms with Crippen LogP contribution < -0.4 is 5.56 Å². The molecule has 0 saturated heterocycles. The maximum atomic E-state index is 13.7. The van der Waals surface area contributed by atoms with Crippen molar-refractivity contribution in [2.24, 2.45) is 5.16 Å². The van der Waals surface area contributed by atoms with Gasteiger partial charge in [-0.05, 0) is 56.5 Å².